The summed E-state index contributed by atoms with van der Waals surface area (Å²) in [6.07, 6.45) is 0.932. The van der Waals surface area contributed by atoms with Gasteiger partial charge < -0.3 is 19.6 Å². The molecular weight excluding hydrogens is 204 g/mol. The Balaban J connectivity index is 3.50. The summed E-state index contributed by atoms with van der Waals surface area (Å²) in [5.74, 6) is 0. The van der Waals surface area contributed by atoms with Crippen molar-refractivity contribution < 1.29 is 9.84 Å². The van der Waals surface area contributed by atoms with Crippen LogP contribution in [0.15, 0.2) is 0 Å². The molecule has 0 aromatic carbocycles. The molecule has 0 aromatic heterocycles. The normalized spacial score (nSPS) is 14.1. The Labute approximate surface area is 100 Å². The predicted octanol–water partition coefficient (Wildman–Crippen LogP) is 0.656. The molecule has 0 aliphatic heterocycles. The monoisotopic (exact) mass is 232 g/mol. The second-order valence-corrected chi connectivity index (χ2v) is 4.95. The van der Waals surface area contributed by atoms with Gasteiger partial charge in [-0.05, 0) is 54.5 Å². The fraction of sp³-hybridized carbons (Fsp3) is 1.00. The van der Waals surface area contributed by atoms with Gasteiger partial charge in [-0.2, -0.15) is 0 Å². The van der Waals surface area contributed by atoms with Crippen LogP contribution >= 0.6 is 0 Å². The van der Waals surface area contributed by atoms with Crippen molar-refractivity contribution in [1.29, 1.82) is 0 Å². The smallest absolute Gasteiger partial charge is 0.0900 e. The van der Waals surface area contributed by atoms with Crippen LogP contribution in [0.25, 0.3) is 0 Å². The first-order chi connectivity index (χ1) is 7.41. The van der Waals surface area contributed by atoms with E-state index in [-0.39, 0.29) is 12.2 Å². The molecule has 0 radical (unpaired) electrons. The van der Waals surface area contributed by atoms with Crippen LogP contribution in [0.4, 0.5) is 0 Å². The third-order valence-electron chi connectivity index (χ3n) is 2.29. The fourth-order valence-corrected chi connectivity index (χ4v) is 1.46. The van der Waals surface area contributed by atoms with Crippen LogP contribution in [-0.4, -0.2) is 74.5 Å². The van der Waals surface area contributed by atoms with Gasteiger partial charge >= 0.3 is 0 Å². The summed E-state index contributed by atoms with van der Waals surface area (Å²) in [6, 6.07) is 0. The molecule has 0 bridgehead atoms. The average Bonchev–Trinajstić information content (AvgIpc) is 2.14. The first kappa shape index (κ1) is 15.8. The van der Waals surface area contributed by atoms with Gasteiger partial charge in [-0.1, -0.05) is 0 Å². The highest BCUT2D eigenvalue weighted by Gasteiger charge is 2.09. The van der Waals surface area contributed by atoms with Gasteiger partial charge in [0.25, 0.3) is 0 Å². The van der Waals surface area contributed by atoms with Crippen molar-refractivity contribution in [2.24, 2.45) is 0 Å². The van der Waals surface area contributed by atoms with Crippen LogP contribution in [0.5, 0.6) is 0 Å². The van der Waals surface area contributed by atoms with Gasteiger partial charge in [0.15, 0.2) is 0 Å². The molecule has 0 heterocycles. The first-order valence-corrected chi connectivity index (χ1v) is 6.04. The van der Waals surface area contributed by atoms with Gasteiger partial charge in [-0.25, -0.2) is 0 Å². The summed E-state index contributed by atoms with van der Waals surface area (Å²) in [5.41, 5.74) is 0. The summed E-state index contributed by atoms with van der Waals surface area (Å²) in [6.45, 7) is 7.16. The summed E-state index contributed by atoms with van der Waals surface area (Å²) >= 11 is 0. The third-order valence-corrected chi connectivity index (χ3v) is 2.29. The highest BCUT2D eigenvalue weighted by atomic mass is 16.5. The van der Waals surface area contributed by atoms with Crippen LogP contribution < -0.4 is 0 Å². The molecule has 0 fully saturated rings. The highest BCUT2D eigenvalue weighted by Crippen LogP contribution is 1.96. The highest BCUT2D eigenvalue weighted by molar-refractivity contribution is 4.61. The van der Waals surface area contributed by atoms with E-state index >= 15 is 0 Å². The van der Waals surface area contributed by atoms with Crippen molar-refractivity contribution in [1.82, 2.24) is 9.80 Å². The number of aliphatic hydroxyl groups is 1. The minimum Gasteiger partial charge on any atom is -0.389 e. The van der Waals surface area contributed by atoms with E-state index in [1.807, 2.05) is 20.9 Å². The largest absolute Gasteiger partial charge is 0.389 e. The molecule has 1 N–H and O–H groups in total. The van der Waals surface area contributed by atoms with Crippen molar-refractivity contribution in [3.63, 3.8) is 0 Å². The van der Waals surface area contributed by atoms with E-state index in [1.54, 1.807) is 0 Å². The molecule has 0 aliphatic carbocycles. The molecule has 0 saturated carbocycles. The lowest BCUT2D eigenvalue weighted by Gasteiger charge is -2.21. The Morgan fingerprint density at radius 3 is 2.25 bits per heavy atom. The van der Waals surface area contributed by atoms with Crippen molar-refractivity contribution in [2.75, 3.05) is 47.4 Å². The van der Waals surface area contributed by atoms with Gasteiger partial charge in [0, 0.05) is 6.54 Å². The zero-order valence-electron chi connectivity index (χ0n) is 11.4. The minimum atomic E-state index is -0.383. The number of nitrogens with zero attached hydrogens (tertiary/aromatic N) is 2. The van der Waals surface area contributed by atoms with Gasteiger partial charge in [0.2, 0.25) is 0 Å². The van der Waals surface area contributed by atoms with E-state index in [2.05, 4.69) is 23.9 Å². The van der Waals surface area contributed by atoms with E-state index in [9.17, 15) is 5.11 Å². The zero-order valence-corrected chi connectivity index (χ0v) is 11.4. The quantitative estimate of drug-likeness (QED) is 0.633. The van der Waals surface area contributed by atoms with Crippen LogP contribution in [-0.2, 0) is 4.74 Å². The van der Waals surface area contributed by atoms with E-state index < -0.39 is 0 Å². The minimum absolute atomic E-state index is 0.189. The molecule has 0 spiro atoms. The molecule has 0 amide bonds. The lowest BCUT2D eigenvalue weighted by Crippen LogP contribution is -2.34. The topological polar surface area (TPSA) is 35.9 Å². The summed E-state index contributed by atoms with van der Waals surface area (Å²) in [4.78, 5) is 4.32. The predicted molar refractivity (Wildman–Crippen MR) is 67.8 cm³/mol. The van der Waals surface area contributed by atoms with Crippen molar-refractivity contribution in [3.05, 3.63) is 0 Å². The second-order valence-electron chi connectivity index (χ2n) is 4.95. The van der Waals surface area contributed by atoms with Crippen molar-refractivity contribution in [3.8, 4) is 0 Å². The Morgan fingerprint density at radius 2 is 1.75 bits per heavy atom. The molecule has 0 saturated heterocycles. The standard InChI is InChI=1S/C12H28N2O2/c1-11(2)16-10-12(15)9-14(5)8-6-7-13(3)4/h11-12,15H,6-10H2,1-5H3. The zero-order chi connectivity index (χ0) is 12.6. The first-order valence-electron chi connectivity index (χ1n) is 6.04. The van der Waals surface area contributed by atoms with E-state index in [1.165, 1.54) is 0 Å². The van der Waals surface area contributed by atoms with Gasteiger partial charge in [0.05, 0.1) is 18.8 Å². The van der Waals surface area contributed by atoms with Crippen LogP contribution in [0.3, 0.4) is 0 Å². The number of hydrogen-bond donors (Lipinski definition) is 1. The molecule has 16 heavy (non-hydrogen) atoms. The molecule has 1 atom stereocenters. The van der Waals surface area contributed by atoms with Crippen LogP contribution in [0.2, 0.25) is 0 Å². The Hall–Kier alpha value is -0.160. The molecule has 0 aliphatic rings. The van der Waals surface area contributed by atoms with Gasteiger partial charge in [0.1, 0.15) is 0 Å². The van der Waals surface area contributed by atoms with E-state index in [0.29, 0.717) is 13.2 Å². The fourth-order valence-electron chi connectivity index (χ4n) is 1.46. The average molecular weight is 232 g/mol. The Morgan fingerprint density at radius 1 is 1.12 bits per heavy atom. The van der Waals surface area contributed by atoms with Gasteiger partial charge in [-0.3, -0.25) is 0 Å². The maximum Gasteiger partial charge on any atom is 0.0900 e. The summed E-state index contributed by atoms with van der Waals surface area (Å²) in [5, 5.41) is 9.70. The number of likely N-dealkylation sites (N-methyl/N-ethyl adjacent to an activating group) is 1. The SMILES string of the molecule is CC(C)OCC(O)CN(C)CCCN(C)C. The molecular formula is C12H28N2O2. The number of rotatable bonds is 9. The summed E-state index contributed by atoms with van der Waals surface area (Å²) < 4.78 is 5.36. The molecule has 0 rings (SSSR count). The number of ether oxygens (including phenoxy) is 1. The van der Waals surface area contributed by atoms with Gasteiger partial charge in [-0.15, -0.1) is 0 Å². The van der Waals surface area contributed by atoms with Crippen LogP contribution in [0, 0.1) is 0 Å². The maximum atomic E-state index is 9.70. The van der Waals surface area contributed by atoms with E-state index in [4.69, 9.17) is 4.74 Å². The summed E-state index contributed by atoms with van der Waals surface area (Å²) in [7, 11) is 6.19. The van der Waals surface area contributed by atoms with Crippen molar-refractivity contribution >= 4 is 0 Å². The van der Waals surface area contributed by atoms with E-state index in [0.717, 1.165) is 19.5 Å². The number of aliphatic hydroxyl groups excluding tert-OH is 1. The maximum absolute atomic E-state index is 9.70. The molecule has 1 unspecified atom stereocenters. The second kappa shape index (κ2) is 8.93. The Kier molecular flexibility index (Phi) is 8.84. The molecule has 4 nitrogen and oxygen atoms in total. The lowest BCUT2D eigenvalue weighted by atomic mass is 10.3. The Bertz CT molecular complexity index is 163. The third kappa shape index (κ3) is 10.4. The lowest BCUT2D eigenvalue weighted by molar-refractivity contribution is -0.00573. The molecule has 4 heteroatoms. The van der Waals surface area contributed by atoms with Crippen LogP contribution in [0.1, 0.15) is 20.3 Å². The molecule has 0 aromatic rings. The number of hydrogen-bond acceptors (Lipinski definition) is 4. The van der Waals surface area contributed by atoms with Crippen molar-refractivity contribution in [2.45, 2.75) is 32.5 Å². The molecule has 98 valence electrons.